The van der Waals surface area contributed by atoms with Gasteiger partial charge in [0.05, 0.1) is 0 Å². The highest BCUT2D eigenvalue weighted by atomic mass is 35.5. The highest BCUT2D eigenvalue weighted by Gasteiger charge is 2.45. The van der Waals surface area contributed by atoms with Gasteiger partial charge < -0.3 is 0 Å². The van der Waals surface area contributed by atoms with Crippen LogP contribution < -0.4 is 4.72 Å². The molecule has 1 N–H and O–H groups in total. The molecular formula is C10H9ClF3NO2S. The number of rotatable bonds is 4. The molecule has 0 unspecified atom stereocenters. The highest BCUT2D eigenvalue weighted by molar-refractivity contribution is 7.90. The van der Waals surface area contributed by atoms with Crippen molar-refractivity contribution in [1.29, 1.82) is 0 Å². The van der Waals surface area contributed by atoms with E-state index in [9.17, 15) is 21.6 Å². The number of benzene rings is 1. The highest BCUT2D eigenvalue weighted by Crippen LogP contribution is 2.21. The number of halogens is 4. The normalized spacial score (nSPS) is 13.1. The van der Waals surface area contributed by atoms with Gasteiger partial charge in [0, 0.05) is 11.6 Å². The largest absolute Gasteiger partial charge is 0.511 e. The second kappa shape index (κ2) is 5.73. The van der Waals surface area contributed by atoms with E-state index in [1.807, 2.05) is 0 Å². The van der Waals surface area contributed by atoms with E-state index in [-0.39, 0.29) is 0 Å². The van der Waals surface area contributed by atoms with E-state index < -0.39 is 22.1 Å². The molecule has 0 heterocycles. The monoisotopic (exact) mass is 299 g/mol. The summed E-state index contributed by atoms with van der Waals surface area (Å²) in [4.78, 5) is 0. The predicted molar refractivity (Wildman–Crippen MR) is 63.5 cm³/mol. The zero-order chi connectivity index (χ0) is 13.8. The molecule has 0 saturated carbocycles. The molecule has 0 aliphatic rings. The lowest BCUT2D eigenvalue weighted by Gasteiger charge is -2.07. The second-order valence-electron chi connectivity index (χ2n) is 3.26. The van der Waals surface area contributed by atoms with Crippen molar-refractivity contribution >= 4 is 27.7 Å². The maximum Gasteiger partial charge on any atom is 0.511 e. The molecule has 0 atom stereocenters. The van der Waals surface area contributed by atoms with Crippen LogP contribution in [0.3, 0.4) is 0 Å². The summed E-state index contributed by atoms with van der Waals surface area (Å²) in [7, 11) is -5.29. The van der Waals surface area contributed by atoms with Crippen molar-refractivity contribution in [2.24, 2.45) is 0 Å². The summed E-state index contributed by atoms with van der Waals surface area (Å²) in [6.45, 7) is -0.450. The molecule has 8 heteroatoms. The maximum absolute atomic E-state index is 11.9. The van der Waals surface area contributed by atoms with E-state index in [1.165, 1.54) is 16.9 Å². The Bertz CT molecular complexity index is 540. The molecule has 0 aliphatic carbocycles. The Morgan fingerprint density at radius 3 is 2.56 bits per heavy atom. The first-order valence-corrected chi connectivity index (χ1v) is 6.56. The summed E-state index contributed by atoms with van der Waals surface area (Å²) < 4.78 is 58.5. The van der Waals surface area contributed by atoms with Gasteiger partial charge in [-0.25, -0.2) is 13.1 Å². The third-order valence-corrected chi connectivity index (χ3v) is 3.25. The Labute approximate surface area is 107 Å². The Hall–Kier alpha value is -1.05. The minimum absolute atomic E-state index is 0.450. The fraction of sp³-hybridized carbons (Fsp3) is 0.200. The molecule has 0 aromatic heterocycles. The molecule has 18 heavy (non-hydrogen) atoms. The molecule has 0 spiro atoms. The molecule has 0 bridgehead atoms. The quantitative estimate of drug-likeness (QED) is 0.929. The van der Waals surface area contributed by atoms with Crippen LogP contribution >= 0.6 is 11.6 Å². The van der Waals surface area contributed by atoms with E-state index >= 15 is 0 Å². The molecule has 1 aromatic rings. The van der Waals surface area contributed by atoms with Crippen molar-refractivity contribution < 1.29 is 21.6 Å². The zero-order valence-electron chi connectivity index (χ0n) is 8.91. The van der Waals surface area contributed by atoms with Gasteiger partial charge >= 0.3 is 15.5 Å². The van der Waals surface area contributed by atoms with Gasteiger partial charge in [-0.05, 0) is 17.7 Å². The average Bonchev–Trinajstić information content (AvgIpc) is 2.23. The van der Waals surface area contributed by atoms with Crippen molar-refractivity contribution in [3.63, 3.8) is 0 Å². The van der Waals surface area contributed by atoms with Crippen LogP contribution in [-0.2, 0) is 10.0 Å². The zero-order valence-corrected chi connectivity index (χ0v) is 10.5. The van der Waals surface area contributed by atoms with Crippen molar-refractivity contribution in [2.45, 2.75) is 5.51 Å². The van der Waals surface area contributed by atoms with E-state index in [4.69, 9.17) is 11.6 Å². The van der Waals surface area contributed by atoms with Gasteiger partial charge in [-0.2, -0.15) is 13.2 Å². The minimum Gasteiger partial charge on any atom is -0.204 e. The standard InChI is InChI=1S/C10H9ClF3NO2S/c11-9-5-1-3-8(7-9)4-2-6-15-18(16,17)10(12,13)14/h1-5,7,15H,6H2/b4-2+. The Balaban J connectivity index is 2.58. The molecule has 0 saturated heterocycles. The number of hydrogen-bond donors (Lipinski definition) is 1. The van der Waals surface area contributed by atoms with Crippen LogP contribution in [0.5, 0.6) is 0 Å². The van der Waals surface area contributed by atoms with Crippen LogP contribution in [0.15, 0.2) is 30.3 Å². The van der Waals surface area contributed by atoms with E-state index in [0.717, 1.165) is 0 Å². The first-order chi connectivity index (χ1) is 8.22. The molecule has 0 fully saturated rings. The number of nitrogens with one attached hydrogen (secondary N) is 1. The molecule has 0 radical (unpaired) electrons. The predicted octanol–water partition coefficient (Wildman–Crippen LogP) is 2.79. The van der Waals surface area contributed by atoms with Crippen LogP contribution in [0, 0.1) is 0 Å². The van der Waals surface area contributed by atoms with Crippen LogP contribution in [0.2, 0.25) is 5.02 Å². The molecule has 0 amide bonds. The fourth-order valence-electron chi connectivity index (χ4n) is 1.04. The van der Waals surface area contributed by atoms with Crippen molar-refractivity contribution in [3.8, 4) is 0 Å². The van der Waals surface area contributed by atoms with Crippen molar-refractivity contribution in [1.82, 2.24) is 4.72 Å². The summed E-state index contributed by atoms with van der Waals surface area (Å²) in [5.74, 6) is 0. The number of hydrogen-bond acceptors (Lipinski definition) is 2. The van der Waals surface area contributed by atoms with Gasteiger partial charge in [-0.3, -0.25) is 0 Å². The third-order valence-electron chi connectivity index (χ3n) is 1.85. The smallest absolute Gasteiger partial charge is 0.204 e. The second-order valence-corrected chi connectivity index (χ2v) is 5.45. The van der Waals surface area contributed by atoms with Gasteiger partial charge in [-0.15, -0.1) is 0 Å². The number of alkyl halides is 3. The topological polar surface area (TPSA) is 46.2 Å². The molecule has 100 valence electrons. The maximum atomic E-state index is 11.9. The summed E-state index contributed by atoms with van der Waals surface area (Å²) in [5, 5.41) is 0.480. The van der Waals surface area contributed by atoms with Gasteiger partial charge in [0.15, 0.2) is 0 Å². The van der Waals surface area contributed by atoms with Crippen LogP contribution in [0.1, 0.15) is 5.56 Å². The SMILES string of the molecule is O=S(=O)(NC/C=C/c1cccc(Cl)c1)C(F)(F)F. The Kier molecular flexibility index (Phi) is 4.78. The van der Waals surface area contributed by atoms with E-state index in [1.54, 1.807) is 24.3 Å². The lowest BCUT2D eigenvalue weighted by Crippen LogP contribution is -2.36. The molecular weight excluding hydrogens is 291 g/mol. The lowest BCUT2D eigenvalue weighted by atomic mass is 10.2. The molecule has 1 rings (SSSR count). The summed E-state index contributed by atoms with van der Waals surface area (Å²) in [5.41, 5.74) is -4.63. The van der Waals surface area contributed by atoms with Crippen molar-refractivity contribution in [2.75, 3.05) is 6.54 Å². The average molecular weight is 300 g/mol. The first kappa shape index (κ1) is 15.0. The minimum atomic E-state index is -5.29. The van der Waals surface area contributed by atoms with Crippen LogP contribution in [-0.4, -0.2) is 20.5 Å². The Morgan fingerprint density at radius 1 is 1.33 bits per heavy atom. The van der Waals surface area contributed by atoms with E-state index in [2.05, 4.69) is 0 Å². The molecule has 3 nitrogen and oxygen atoms in total. The molecule has 0 aliphatic heterocycles. The van der Waals surface area contributed by atoms with Crippen LogP contribution in [0.4, 0.5) is 13.2 Å². The summed E-state index contributed by atoms with van der Waals surface area (Å²) >= 11 is 5.70. The molecule has 1 aromatic carbocycles. The number of sulfonamides is 1. The summed E-state index contributed by atoms with van der Waals surface area (Å²) in [6, 6.07) is 6.59. The Morgan fingerprint density at radius 2 is 2.00 bits per heavy atom. The van der Waals surface area contributed by atoms with Gasteiger partial charge in [-0.1, -0.05) is 35.9 Å². The fourth-order valence-corrected chi connectivity index (χ4v) is 1.72. The lowest BCUT2D eigenvalue weighted by molar-refractivity contribution is -0.0446. The first-order valence-electron chi connectivity index (χ1n) is 4.70. The van der Waals surface area contributed by atoms with Crippen LogP contribution in [0.25, 0.3) is 6.08 Å². The van der Waals surface area contributed by atoms with Gasteiger partial charge in [0.2, 0.25) is 0 Å². The summed E-state index contributed by atoms with van der Waals surface area (Å²) in [6.07, 6.45) is 2.72. The van der Waals surface area contributed by atoms with E-state index in [0.29, 0.717) is 10.6 Å². The van der Waals surface area contributed by atoms with Crippen molar-refractivity contribution in [3.05, 3.63) is 40.9 Å². The van der Waals surface area contributed by atoms with Gasteiger partial charge in [0.25, 0.3) is 0 Å². The third kappa shape index (κ3) is 4.32. The van der Waals surface area contributed by atoms with Gasteiger partial charge in [0.1, 0.15) is 0 Å².